The summed E-state index contributed by atoms with van der Waals surface area (Å²) in [5, 5.41) is 4.74. The van der Waals surface area contributed by atoms with Crippen LogP contribution in [0, 0.1) is 0 Å². The second kappa shape index (κ2) is 15.2. The number of rotatable bonds is 4. The number of anilines is 3. The zero-order valence-corrected chi connectivity index (χ0v) is 47.1. The smallest absolute Gasteiger partial charge is 0.144 e. The van der Waals surface area contributed by atoms with Crippen molar-refractivity contribution in [2.75, 3.05) is 4.90 Å². The standard InChI is InChI=1S/C76H63NO2/c1-72(2,3)55-28-18-19-29-60(55)77(44-34-37-49-58(40-44)76(10,11)68-64(49)66-51-25-15-21-31-62(51)79-71(66)67-47-23-13-17-27-54(47)75(8,9)69(67)68)43-33-36-48-57(39-43)74(6,7)59-41-52(70-65(63(48)59)50-24-14-20-30-61(50)78-70)42-32-35-46-45-22-12-16-26-53(45)73(4,5)56(46)38-42/h12-41H,1-11H3. The van der Waals surface area contributed by atoms with Gasteiger partial charge in [-0.15, -0.1) is 0 Å². The zero-order chi connectivity index (χ0) is 54.0. The molecule has 0 radical (unpaired) electrons. The van der Waals surface area contributed by atoms with Crippen molar-refractivity contribution in [3.63, 3.8) is 0 Å². The predicted molar refractivity (Wildman–Crippen MR) is 330 cm³/mol. The minimum Gasteiger partial charge on any atom is -0.455 e. The maximum absolute atomic E-state index is 7.06. The Morgan fingerprint density at radius 3 is 1.51 bits per heavy atom. The molecule has 12 aromatic rings. The van der Waals surface area contributed by atoms with Gasteiger partial charge >= 0.3 is 0 Å². The first kappa shape index (κ1) is 46.7. The van der Waals surface area contributed by atoms with Crippen molar-refractivity contribution in [2.45, 2.75) is 103 Å². The summed E-state index contributed by atoms with van der Waals surface area (Å²) in [4.78, 5) is 2.56. The van der Waals surface area contributed by atoms with Gasteiger partial charge in [-0.05, 0) is 155 Å². The lowest BCUT2D eigenvalue weighted by Gasteiger charge is -2.34. The van der Waals surface area contributed by atoms with E-state index in [1.54, 1.807) is 0 Å². The third-order valence-electron chi connectivity index (χ3n) is 19.5. The van der Waals surface area contributed by atoms with Gasteiger partial charge in [-0.2, -0.15) is 0 Å². The van der Waals surface area contributed by atoms with Crippen LogP contribution in [0.3, 0.4) is 0 Å². The van der Waals surface area contributed by atoms with E-state index >= 15 is 0 Å². The molecule has 384 valence electrons. The molecular formula is C76H63NO2. The number of furan rings is 2. The molecule has 4 aliphatic carbocycles. The van der Waals surface area contributed by atoms with Crippen molar-refractivity contribution in [1.29, 1.82) is 0 Å². The van der Waals surface area contributed by atoms with Crippen molar-refractivity contribution in [3.8, 4) is 55.6 Å². The van der Waals surface area contributed by atoms with E-state index in [-0.39, 0.29) is 27.1 Å². The van der Waals surface area contributed by atoms with Crippen molar-refractivity contribution in [1.82, 2.24) is 0 Å². The van der Waals surface area contributed by atoms with Crippen molar-refractivity contribution >= 4 is 60.9 Å². The van der Waals surface area contributed by atoms with Gasteiger partial charge in [0.15, 0.2) is 0 Å². The summed E-state index contributed by atoms with van der Waals surface area (Å²) < 4.78 is 14.1. The fourth-order valence-electron chi connectivity index (χ4n) is 15.7. The normalized spacial score (nSPS) is 16.2. The summed E-state index contributed by atoms with van der Waals surface area (Å²) in [5.74, 6) is 0. The van der Waals surface area contributed by atoms with Crippen molar-refractivity contribution < 1.29 is 8.83 Å². The number of para-hydroxylation sites is 3. The molecule has 16 rings (SSSR count). The Bertz CT molecular complexity index is 4710. The Labute approximate surface area is 463 Å². The number of hydrogen-bond donors (Lipinski definition) is 0. The van der Waals surface area contributed by atoms with Gasteiger partial charge in [0.2, 0.25) is 0 Å². The second-order valence-electron chi connectivity index (χ2n) is 26.4. The highest BCUT2D eigenvalue weighted by Gasteiger charge is 2.49. The highest BCUT2D eigenvalue weighted by Crippen LogP contribution is 2.64. The summed E-state index contributed by atoms with van der Waals surface area (Å²) in [6.07, 6.45) is 0. The van der Waals surface area contributed by atoms with Crippen LogP contribution in [0.1, 0.15) is 126 Å². The monoisotopic (exact) mass is 1020 g/mol. The Balaban J connectivity index is 0.905. The highest BCUT2D eigenvalue weighted by molar-refractivity contribution is 6.22. The average molecular weight is 1020 g/mol. The van der Waals surface area contributed by atoms with Gasteiger partial charge in [-0.1, -0.05) is 204 Å². The molecule has 0 amide bonds. The lowest BCUT2D eigenvalue weighted by molar-refractivity contribution is 0.591. The molecular weight excluding hydrogens is 959 g/mol. The van der Waals surface area contributed by atoms with E-state index in [1.807, 2.05) is 0 Å². The third kappa shape index (κ3) is 5.93. The quantitative estimate of drug-likeness (QED) is 0.176. The van der Waals surface area contributed by atoms with Gasteiger partial charge in [0.1, 0.15) is 22.3 Å². The van der Waals surface area contributed by atoms with Crippen LogP contribution in [0.25, 0.3) is 99.5 Å². The molecule has 0 aliphatic heterocycles. The van der Waals surface area contributed by atoms with E-state index in [0.29, 0.717) is 0 Å². The number of benzene rings is 10. The Morgan fingerprint density at radius 1 is 0.354 bits per heavy atom. The van der Waals surface area contributed by atoms with E-state index in [1.165, 1.54) is 122 Å². The largest absolute Gasteiger partial charge is 0.455 e. The maximum atomic E-state index is 7.06. The van der Waals surface area contributed by atoms with Crippen LogP contribution in [-0.2, 0) is 27.1 Å². The van der Waals surface area contributed by atoms with E-state index in [9.17, 15) is 0 Å². The fraction of sp³-hybridized carbons (Fsp3) is 0.211. The minimum absolute atomic E-state index is 0.127. The Morgan fingerprint density at radius 2 is 0.823 bits per heavy atom. The van der Waals surface area contributed by atoms with Crippen LogP contribution in [0.2, 0.25) is 0 Å². The lowest BCUT2D eigenvalue weighted by atomic mass is 9.72. The van der Waals surface area contributed by atoms with Crippen LogP contribution in [0.5, 0.6) is 0 Å². The molecule has 3 nitrogen and oxygen atoms in total. The molecule has 0 saturated heterocycles. The molecule has 4 aliphatic rings. The summed E-state index contributed by atoms with van der Waals surface area (Å²) in [6.45, 7) is 26.4. The van der Waals surface area contributed by atoms with Gasteiger partial charge in [0.05, 0.1) is 0 Å². The molecule has 79 heavy (non-hydrogen) atoms. The van der Waals surface area contributed by atoms with E-state index < -0.39 is 0 Å². The first-order valence-electron chi connectivity index (χ1n) is 28.4. The van der Waals surface area contributed by atoms with Gasteiger partial charge in [0.25, 0.3) is 0 Å². The molecule has 0 bridgehead atoms. The predicted octanol–water partition coefficient (Wildman–Crippen LogP) is 21.1. The SMILES string of the molecule is CC(C)(C)c1ccccc1N(c1ccc2c(c1)C(C)(C)c1cc(-c3ccc4c(c3)C(C)(C)c3ccccc3-4)c3oc4ccccc4c3c1-2)c1ccc2c(c1)C(C)(C)c1c3c(c4oc5ccccc5c4c1-2)-c1ccccc1C3(C)C. The number of nitrogens with zero attached hydrogens (tertiary/aromatic N) is 1. The average Bonchev–Trinajstić information content (AvgIpc) is 3.79. The Kier molecular flexibility index (Phi) is 9.00. The van der Waals surface area contributed by atoms with E-state index in [4.69, 9.17) is 8.83 Å². The summed E-state index contributed by atoms with van der Waals surface area (Å²) in [7, 11) is 0. The minimum atomic E-state index is -0.353. The zero-order valence-electron chi connectivity index (χ0n) is 47.1. The van der Waals surface area contributed by atoms with Crippen LogP contribution >= 0.6 is 0 Å². The van der Waals surface area contributed by atoms with Gasteiger partial charge in [-0.3, -0.25) is 0 Å². The van der Waals surface area contributed by atoms with Crippen molar-refractivity contribution in [2.24, 2.45) is 0 Å². The van der Waals surface area contributed by atoms with Crippen LogP contribution in [0.15, 0.2) is 191 Å². The molecule has 0 fully saturated rings. The maximum Gasteiger partial charge on any atom is 0.144 e. The molecule has 3 heteroatoms. The summed E-state index contributed by atoms with van der Waals surface area (Å²) in [6, 6.07) is 68.6. The van der Waals surface area contributed by atoms with Gasteiger partial charge < -0.3 is 13.7 Å². The second-order valence-corrected chi connectivity index (χ2v) is 26.4. The molecule has 0 spiro atoms. The van der Waals surface area contributed by atoms with Crippen LogP contribution in [0.4, 0.5) is 17.1 Å². The van der Waals surface area contributed by atoms with Crippen molar-refractivity contribution in [3.05, 3.63) is 232 Å². The van der Waals surface area contributed by atoms with E-state index in [2.05, 4.69) is 263 Å². The molecule has 2 aromatic heterocycles. The molecule has 0 saturated carbocycles. The molecule has 2 heterocycles. The molecule has 0 N–H and O–H groups in total. The first-order valence-corrected chi connectivity index (χ1v) is 28.4. The molecule has 0 unspecified atom stereocenters. The fourth-order valence-corrected chi connectivity index (χ4v) is 15.7. The van der Waals surface area contributed by atoms with Gasteiger partial charge in [-0.25, -0.2) is 0 Å². The Hall–Kier alpha value is -8.40. The van der Waals surface area contributed by atoms with Gasteiger partial charge in [0, 0.05) is 71.4 Å². The topological polar surface area (TPSA) is 29.5 Å². The summed E-state index contributed by atoms with van der Waals surface area (Å²) >= 11 is 0. The van der Waals surface area contributed by atoms with Crippen LogP contribution in [-0.4, -0.2) is 0 Å². The molecule has 10 aromatic carbocycles. The third-order valence-corrected chi connectivity index (χ3v) is 19.5. The first-order chi connectivity index (χ1) is 37.9. The summed E-state index contributed by atoms with van der Waals surface area (Å²) in [5.41, 5.74) is 30.9. The van der Waals surface area contributed by atoms with E-state index in [0.717, 1.165) is 44.7 Å². The number of fused-ring (bicyclic) bond motifs is 22. The highest BCUT2D eigenvalue weighted by atomic mass is 16.3. The molecule has 0 atom stereocenters. The lowest BCUT2D eigenvalue weighted by Crippen LogP contribution is -2.24. The van der Waals surface area contributed by atoms with Crippen LogP contribution < -0.4 is 4.90 Å². The number of hydrogen-bond acceptors (Lipinski definition) is 3.